The van der Waals surface area contributed by atoms with Gasteiger partial charge < -0.3 is 15.5 Å². The van der Waals surface area contributed by atoms with Crippen molar-refractivity contribution >= 4 is 17.5 Å². The lowest BCUT2D eigenvalue weighted by molar-refractivity contribution is -0.114. The number of rotatable bonds is 3. The molecule has 98 valence electrons. The van der Waals surface area contributed by atoms with Crippen molar-refractivity contribution in [3.63, 3.8) is 0 Å². The molecule has 0 spiro atoms. The molecule has 0 radical (unpaired) electrons. The van der Waals surface area contributed by atoms with E-state index in [9.17, 15) is 4.79 Å². The summed E-state index contributed by atoms with van der Waals surface area (Å²) in [6.07, 6.45) is 3.81. The molecule has 1 saturated heterocycles. The number of carbonyl (C=O) groups is 1. The average molecular weight is 249 g/mol. The fourth-order valence-corrected chi connectivity index (χ4v) is 2.14. The molecule has 6 nitrogen and oxygen atoms in total. The smallest absolute Gasteiger partial charge is 0.222 e. The zero-order valence-electron chi connectivity index (χ0n) is 10.8. The normalized spacial score (nSPS) is 19.3. The molecule has 1 aromatic rings. The van der Waals surface area contributed by atoms with Crippen LogP contribution in [-0.2, 0) is 4.79 Å². The average Bonchev–Trinajstić information content (AvgIpc) is 2.38. The number of nitrogens with one attached hydrogen (secondary N) is 2. The number of amides is 1. The van der Waals surface area contributed by atoms with Gasteiger partial charge in [0, 0.05) is 32.6 Å². The van der Waals surface area contributed by atoms with Crippen molar-refractivity contribution in [2.45, 2.75) is 25.8 Å². The van der Waals surface area contributed by atoms with Gasteiger partial charge in [0.15, 0.2) is 0 Å². The summed E-state index contributed by atoms with van der Waals surface area (Å²) in [7, 11) is 2.03. The zero-order chi connectivity index (χ0) is 13.0. The van der Waals surface area contributed by atoms with Gasteiger partial charge in [0.05, 0.1) is 0 Å². The maximum Gasteiger partial charge on any atom is 0.222 e. The van der Waals surface area contributed by atoms with Crippen LogP contribution in [0.5, 0.6) is 0 Å². The van der Waals surface area contributed by atoms with Gasteiger partial charge in [0.25, 0.3) is 0 Å². The molecule has 1 fully saturated rings. The topological polar surface area (TPSA) is 70.2 Å². The first kappa shape index (κ1) is 12.8. The highest BCUT2D eigenvalue weighted by molar-refractivity contribution is 5.87. The van der Waals surface area contributed by atoms with E-state index in [4.69, 9.17) is 0 Å². The van der Waals surface area contributed by atoms with Gasteiger partial charge in [-0.2, -0.15) is 0 Å². The summed E-state index contributed by atoms with van der Waals surface area (Å²) in [5.74, 6) is 1.26. The molecule has 6 heteroatoms. The van der Waals surface area contributed by atoms with Crippen LogP contribution in [0.2, 0.25) is 0 Å². The molecule has 0 aromatic carbocycles. The third-order valence-electron chi connectivity index (χ3n) is 3.14. The summed E-state index contributed by atoms with van der Waals surface area (Å²) >= 11 is 0. The standard InChI is InChI=1S/C12H19N5O/c1-9(18)16-11-6-12(15-8-14-11)17(2)10-4-3-5-13-7-10/h6,8,10,13H,3-5,7H2,1-2H3,(H,14,15,16,18)/t10-/m0/s1. The molecular formula is C12H19N5O. The molecule has 0 bridgehead atoms. The Morgan fingerprint density at radius 2 is 2.39 bits per heavy atom. The summed E-state index contributed by atoms with van der Waals surface area (Å²) in [4.78, 5) is 21.4. The van der Waals surface area contributed by atoms with Gasteiger partial charge in [-0.25, -0.2) is 9.97 Å². The molecule has 18 heavy (non-hydrogen) atoms. The van der Waals surface area contributed by atoms with Crippen molar-refractivity contribution in [2.24, 2.45) is 0 Å². The summed E-state index contributed by atoms with van der Waals surface area (Å²) in [6, 6.07) is 2.24. The lowest BCUT2D eigenvalue weighted by Crippen LogP contribution is -2.44. The number of nitrogens with zero attached hydrogens (tertiary/aromatic N) is 3. The second-order valence-electron chi connectivity index (χ2n) is 4.55. The van der Waals surface area contributed by atoms with Crippen molar-refractivity contribution < 1.29 is 4.79 Å². The molecular weight excluding hydrogens is 230 g/mol. The van der Waals surface area contributed by atoms with E-state index in [-0.39, 0.29) is 5.91 Å². The Bertz CT molecular complexity index is 417. The molecule has 1 aliphatic rings. The van der Waals surface area contributed by atoms with Gasteiger partial charge in [-0.1, -0.05) is 0 Å². The Morgan fingerprint density at radius 1 is 1.56 bits per heavy atom. The van der Waals surface area contributed by atoms with E-state index in [2.05, 4.69) is 25.5 Å². The number of hydrogen-bond donors (Lipinski definition) is 2. The van der Waals surface area contributed by atoms with E-state index in [1.54, 1.807) is 6.07 Å². The van der Waals surface area contributed by atoms with Crippen molar-refractivity contribution in [1.29, 1.82) is 0 Å². The number of likely N-dealkylation sites (N-methyl/N-ethyl adjacent to an activating group) is 1. The molecule has 1 amide bonds. The SMILES string of the molecule is CC(=O)Nc1cc(N(C)[C@H]2CCCNC2)ncn1. The molecule has 2 rings (SSSR count). The Balaban J connectivity index is 2.09. The molecule has 1 aliphatic heterocycles. The Labute approximate surface area is 107 Å². The highest BCUT2D eigenvalue weighted by Gasteiger charge is 2.19. The second kappa shape index (κ2) is 5.77. The molecule has 2 heterocycles. The number of carbonyl (C=O) groups excluding carboxylic acids is 1. The fraction of sp³-hybridized carbons (Fsp3) is 0.583. The molecule has 1 aromatic heterocycles. The van der Waals surface area contributed by atoms with Crippen LogP contribution in [0.4, 0.5) is 11.6 Å². The van der Waals surface area contributed by atoms with Gasteiger partial charge in [-0.3, -0.25) is 4.79 Å². The Hall–Kier alpha value is -1.69. The maximum absolute atomic E-state index is 11.0. The van der Waals surface area contributed by atoms with Crippen LogP contribution in [0, 0.1) is 0 Å². The number of anilines is 2. The van der Waals surface area contributed by atoms with E-state index in [0.29, 0.717) is 11.9 Å². The van der Waals surface area contributed by atoms with Crippen molar-refractivity contribution in [2.75, 3.05) is 30.4 Å². The first-order valence-corrected chi connectivity index (χ1v) is 6.20. The minimum Gasteiger partial charge on any atom is -0.355 e. The zero-order valence-corrected chi connectivity index (χ0v) is 10.8. The van der Waals surface area contributed by atoms with E-state index in [0.717, 1.165) is 25.3 Å². The third-order valence-corrected chi connectivity index (χ3v) is 3.14. The quantitative estimate of drug-likeness (QED) is 0.822. The van der Waals surface area contributed by atoms with Crippen molar-refractivity contribution in [3.8, 4) is 0 Å². The van der Waals surface area contributed by atoms with Crippen LogP contribution in [0.15, 0.2) is 12.4 Å². The molecule has 0 aliphatic carbocycles. The molecule has 0 saturated carbocycles. The van der Waals surface area contributed by atoms with Gasteiger partial charge in [0.2, 0.25) is 5.91 Å². The molecule has 0 unspecified atom stereocenters. The summed E-state index contributed by atoms with van der Waals surface area (Å²) in [6.45, 7) is 3.53. The number of aromatic nitrogens is 2. The predicted octanol–water partition coefficient (Wildman–Crippen LogP) is 0.623. The van der Waals surface area contributed by atoms with Crippen LogP contribution < -0.4 is 15.5 Å². The minimum absolute atomic E-state index is 0.123. The largest absolute Gasteiger partial charge is 0.355 e. The summed E-state index contributed by atoms with van der Waals surface area (Å²) in [5, 5.41) is 6.05. The minimum atomic E-state index is -0.123. The van der Waals surface area contributed by atoms with E-state index in [1.165, 1.54) is 19.7 Å². The number of hydrogen-bond acceptors (Lipinski definition) is 5. The summed E-state index contributed by atoms with van der Waals surface area (Å²) < 4.78 is 0. The van der Waals surface area contributed by atoms with Gasteiger partial charge in [0.1, 0.15) is 18.0 Å². The van der Waals surface area contributed by atoms with Crippen LogP contribution in [0.1, 0.15) is 19.8 Å². The van der Waals surface area contributed by atoms with Crippen LogP contribution >= 0.6 is 0 Å². The molecule has 1 atom stereocenters. The third kappa shape index (κ3) is 3.16. The second-order valence-corrected chi connectivity index (χ2v) is 4.55. The fourth-order valence-electron chi connectivity index (χ4n) is 2.14. The monoisotopic (exact) mass is 249 g/mol. The highest BCUT2D eigenvalue weighted by Crippen LogP contribution is 2.18. The van der Waals surface area contributed by atoms with Crippen LogP contribution in [0.3, 0.4) is 0 Å². The van der Waals surface area contributed by atoms with E-state index < -0.39 is 0 Å². The van der Waals surface area contributed by atoms with E-state index >= 15 is 0 Å². The van der Waals surface area contributed by atoms with Gasteiger partial charge in [-0.05, 0) is 19.4 Å². The lowest BCUT2D eigenvalue weighted by Gasteiger charge is -2.32. The molecule has 2 N–H and O–H groups in total. The van der Waals surface area contributed by atoms with Crippen molar-refractivity contribution in [1.82, 2.24) is 15.3 Å². The Morgan fingerprint density at radius 3 is 3.06 bits per heavy atom. The maximum atomic E-state index is 11.0. The van der Waals surface area contributed by atoms with E-state index in [1.807, 2.05) is 7.05 Å². The predicted molar refractivity (Wildman–Crippen MR) is 70.6 cm³/mol. The van der Waals surface area contributed by atoms with Gasteiger partial charge in [-0.15, -0.1) is 0 Å². The summed E-state index contributed by atoms with van der Waals surface area (Å²) in [5.41, 5.74) is 0. The first-order valence-electron chi connectivity index (χ1n) is 6.20. The van der Waals surface area contributed by atoms with Gasteiger partial charge >= 0.3 is 0 Å². The van der Waals surface area contributed by atoms with Crippen LogP contribution in [0.25, 0.3) is 0 Å². The first-order chi connectivity index (χ1) is 8.66. The Kier molecular flexibility index (Phi) is 4.09. The number of piperidine rings is 1. The lowest BCUT2D eigenvalue weighted by atomic mass is 10.1. The highest BCUT2D eigenvalue weighted by atomic mass is 16.1. The van der Waals surface area contributed by atoms with Crippen LogP contribution in [-0.4, -0.2) is 42.1 Å². The van der Waals surface area contributed by atoms with Crippen molar-refractivity contribution in [3.05, 3.63) is 12.4 Å².